The molecule has 1 heterocycles. The summed E-state index contributed by atoms with van der Waals surface area (Å²) >= 11 is 0. The smallest absolute Gasteiger partial charge is 0.0714 e. The zero-order chi connectivity index (χ0) is 7.40. The van der Waals surface area contributed by atoms with Crippen LogP contribution in [0.15, 0.2) is 0 Å². The van der Waals surface area contributed by atoms with Gasteiger partial charge in [0.25, 0.3) is 0 Å². The van der Waals surface area contributed by atoms with E-state index in [1.165, 1.54) is 0 Å². The van der Waals surface area contributed by atoms with Gasteiger partial charge in [0.2, 0.25) is 0 Å². The predicted molar refractivity (Wildman–Crippen MR) is 40.9 cm³/mol. The van der Waals surface area contributed by atoms with Crippen molar-refractivity contribution in [1.29, 1.82) is 0 Å². The quantitative estimate of drug-likeness (QED) is 0.576. The molecular formula is C7H16N2O. The van der Waals surface area contributed by atoms with Crippen molar-refractivity contribution in [3.63, 3.8) is 0 Å². The Kier molecular flexibility index (Phi) is 3.12. The summed E-state index contributed by atoms with van der Waals surface area (Å²) in [4.78, 5) is 2.28. The fourth-order valence-electron chi connectivity index (χ4n) is 1.23. The molecule has 0 bridgehead atoms. The molecule has 0 aromatic heterocycles. The van der Waals surface area contributed by atoms with Gasteiger partial charge in [-0.15, -0.1) is 0 Å². The first-order valence-electron chi connectivity index (χ1n) is 3.83. The first-order chi connectivity index (χ1) is 4.83. The minimum Gasteiger partial charge on any atom is -0.376 e. The molecule has 1 rings (SSSR count). The summed E-state index contributed by atoms with van der Waals surface area (Å²) in [5, 5.41) is 0. The predicted octanol–water partition coefficient (Wildman–Crippen LogP) is -0.334. The Morgan fingerprint density at radius 1 is 1.70 bits per heavy atom. The summed E-state index contributed by atoms with van der Waals surface area (Å²) in [7, 11) is 2.12. The van der Waals surface area contributed by atoms with E-state index >= 15 is 0 Å². The average molecular weight is 144 g/mol. The highest BCUT2D eigenvalue weighted by molar-refractivity contribution is 4.68. The van der Waals surface area contributed by atoms with Gasteiger partial charge in [-0.25, -0.2) is 0 Å². The largest absolute Gasteiger partial charge is 0.376 e. The van der Waals surface area contributed by atoms with Gasteiger partial charge in [-0.1, -0.05) is 0 Å². The minimum atomic E-state index is 0.378. The van der Waals surface area contributed by atoms with Crippen LogP contribution in [-0.4, -0.2) is 44.3 Å². The van der Waals surface area contributed by atoms with Crippen LogP contribution in [0.25, 0.3) is 0 Å². The Morgan fingerprint density at radius 3 is 3.10 bits per heavy atom. The van der Waals surface area contributed by atoms with Gasteiger partial charge in [-0.3, -0.25) is 0 Å². The highest BCUT2D eigenvalue weighted by Gasteiger charge is 2.15. The van der Waals surface area contributed by atoms with Crippen molar-refractivity contribution >= 4 is 0 Å². The number of morpholine rings is 1. The molecule has 60 valence electrons. The Bertz CT molecular complexity index is 95.6. The van der Waals surface area contributed by atoms with Crippen LogP contribution in [-0.2, 0) is 4.74 Å². The molecule has 3 nitrogen and oxygen atoms in total. The molecule has 1 unspecified atom stereocenters. The molecule has 1 saturated heterocycles. The van der Waals surface area contributed by atoms with Crippen molar-refractivity contribution in [2.75, 3.05) is 33.3 Å². The van der Waals surface area contributed by atoms with Crippen LogP contribution in [0, 0.1) is 0 Å². The number of ether oxygens (including phenoxy) is 1. The fourth-order valence-corrected chi connectivity index (χ4v) is 1.23. The molecule has 10 heavy (non-hydrogen) atoms. The Labute approximate surface area is 62.1 Å². The van der Waals surface area contributed by atoms with Gasteiger partial charge in [0.15, 0.2) is 0 Å². The van der Waals surface area contributed by atoms with Crippen LogP contribution in [0.3, 0.4) is 0 Å². The molecule has 3 heteroatoms. The van der Waals surface area contributed by atoms with Crippen LogP contribution in [0.2, 0.25) is 0 Å². The number of hydrogen-bond donors (Lipinski definition) is 1. The van der Waals surface area contributed by atoms with Crippen LogP contribution in [0.4, 0.5) is 0 Å². The second-order valence-electron chi connectivity index (χ2n) is 2.83. The van der Waals surface area contributed by atoms with Gasteiger partial charge in [0.05, 0.1) is 12.7 Å². The maximum absolute atomic E-state index is 5.47. The van der Waals surface area contributed by atoms with E-state index in [-0.39, 0.29) is 0 Å². The van der Waals surface area contributed by atoms with E-state index < -0.39 is 0 Å². The molecule has 0 aromatic carbocycles. The summed E-state index contributed by atoms with van der Waals surface area (Å²) < 4.78 is 5.47. The second kappa shape index (κ2) is 3.91. The van der Waals surface area contributed by atoms with Gasteiger partial charge >= 0.3 is 0 Å². The molecule has 0 amide bonds. The molecule has 1 aliphatic heterocycles. The summed E-state index contributed by atoms with van der Waals surface area (Å²) in [6.07, 6.45) is 1.37. The maximum Gasteiger partial charge on any atom is 0.0714 e. The third-order valence-electron chi connectivity index (χ3n) is 1.83. The van der Waals surface area contributed by atoms with Gasteiger partial charge < -0.3 is 15.4 Å². The number of hydrogen-bond acceptors (Lipinski definition) is 3. The summed E-state index contributed by atoms with van der Waals surface area (Å²) in [5.41, 5.74) is 5.41. The minimum absolute atomic E-state index is 0.378. The lowest BCUT2D eigenvalue weighted by Crippen LogP contribution is -2.40. The third-order valence-corrected chi connectivity index (χ3v) is 1.83. The molecule has 2 N–H and O–H groups in total. The molecule has 0 radical (unpaired) electrons. The Morgan fingerprint density at radius 2 is 2.50 bits per heavy atom. The van der Waals surface area contributed by atoms with E-state index in [1.54, 1.807) is 0 Å². The molecule has 0 saturated carbocycles. The zero-order valence-corrected chi connectivity index (χ0v) is 6.55. The van der Waals surface area contributed by atoms with Crippen LogP contribution in [0.1, 0.15) is 6.42 Å². The SMILES string of the molecule is CN1CCOC(CCN)C1. The standard InChI is InChI=1S/C7H16N2O/c1-9-4-5-10-7(6-9)2-3-8/h7H,2-6,8H2,1H3. The van der Waals surface area contributed by atoms with Crippen molar-refractivity contribution in [3.05, 3.63) is 0 Å². The fraction of sp³-hybridized carbons (Fsp3) is 1.00. The number of likely N-dealkylation sites (N-methyl/N-ethyl adjacent to an activating group) is 1. The average Bonchev–Trinajstić information content (AvgIpc) is 1.88. The Hall–Kier alpha value is -0.120. The van der Waals surface area contributed by atoms with Crippen LogP contribution in [0.5, 0.6) is 0 Å². The number of nitrogens with zero attached hydrogens (tertiary/aromatic N) is 1. The molecule has 0 aliphatic carbocycles. The number of nitrogens with two attached hydrogens (primary N) is 1. The highest BCUT2D eigenvalue weighted by Crippen LogP contribution is 2.04. The first-order valence-corrected chi connectivity index (χ1v) is 3.83. The van der Waals surface area contributed by atoms with Crippen molar-refractivity contribution in [2.45, 2.75) is 12.5 Å². The van der Waals surface area contributed by atoms with E-state index in [0.717, 1.165) is 32.7 Å². The second-order valence-corrected chi connectivity index (χ2v) is 2.83. The van der Waals surface area contributed by atoms with E-state index in [2.05, 4.69) is 11.9 Å². The first kappa shape index (κ1) is 7.98. The Balaban J connectivity index is 2.18. The van der Waals surface area contributed by atoms with E-state index in [9.17, 15) is 0 Å². The zero-order valence-electron chi connectivity index (χ0n) is 6.55. The summed E-state index contributed by atoms with van der Waals surface area (Å²) in [5.74, 6) is 0. The lowest BCUT2D eigenvalue weighted by molar-refractivity contribution is -0.0218. The van der Waals surface area contributed by atoms with Gasteiger partial charge in [-0.05, 0) is 20.0 Å². The normalized spacial score (nSPS) is 28.8. The molecule has 0 spiro atoms. The molecule has 1 atom stereocenters. The van der Waals surface area contributed by atoms with Crippen molar-refractivity contribution in [2.24, 2.45) is 5.73 Å². The molecule has 1 aliphatic rings. The topological polar surface area (TPSA) is 38.5 Å². The van der Waals surface area contributed by atoms with E-state index in [0.29, 0.717) is 6.10 Å². The van der Waals surface area contributed by atoms with E-state index in [4.69, 9.17) is 10.5 Å². The van der Waals surface area contributed by atoms with Crippen LogP contribution >= 0.6 is 0 Å². The van der Waals surface area contributed by atoms with Gasteiger partial charge in [0.1, 0.15) is 0 Å². The lowest BCUT2D eigenvalue weighted by Gasteiger charge is -2.29. The van der Waals surface area contributed by atoms with Crippen molar-refractivity contribution in [1.82, 2.24) is 4.90 Å². The van der Waals surface area contributed by atoms with Gasteiger partial charge in [0, 0.05) is 13.1 Å². The molecule has 1 fully saturated rings. The summed E-state index contributed by atoms with van der Waals surface area (Å²) in [6, 6.07) is 0. The third kappa shape index (κ3) is 2.25. The van der Waals surface area contributed by atoms with Crippen molar-refractivity contribution < 1.29 is 4.74 Å². The molecular weight excluding hydrogens is 128 g/mol. The van der Waals surface area contributed by atoms with Gasteiger partial charge in [-0.2, -0.15) is 0 Å². The van der Waals surface area contributed by atoms with E-state index in [1.807, 2.05) is 0 Å². The molecule has 0 aromatic rings. The lowest BCUT2D eigenvalue weighted by atomic mass is 10.2. The number of rotatable bonds is 2. The monoisotopic (exact) mass is 144 g/mol. The van der Waals surface area contributed by atoms with Crippen LogP contribution < -0.4 is 5.73 Å². The highest BCUT2D eigenvalue weighted by atomic mass is 16.5. The maximum atomic E-state index is 5.47. The summed E-state index contributed by atoms with van der Waals surface area (Å²) in [6.45, 7) is 3.69. The van der Waals surface area contributed by atoms with Crippen molar-refractivity contribution in [3.8, 4) is 0 Å².